The normalized spacial score (nSPS) is 11.7. The summed E-state index contributed by atoms with van der Waals surface area (Å²) >= 11 is 1.45. The van der Waals surface area contributed by atoms with Gasteiger partial charge in [0.05, 0.1) is 30.2 Å². The molecule has 1 amide bonds. The van der Waals surface area contributed by atoms with Crippen LogP contribution in [0, 0.1) is 6.92 Å². The number of anilines is 1. The van der Waals surface area contributed by atoms with Gasteiger partial charge in [-0.05, 0) is 50.6 Å². The average Bonchev–Trinajstić information content (AvgIpc) is 3.49. The number of nitrogens with zero attached hydrogens (tertiary/aromatic N) is 1. The van der Waals surface area contributed by atoms with E-state index in [4.69, 9.17) is 13.9 Å². The number of amides is 1. The molecule has 2 aromatic heterocycles. The molecule has 0 aliphatic carbocycles. The standard InChI is InChI=1S/C29H26N2O4S/c1-5-34-27-18(3)28-21(22(16-35-28)19-10-6-8-12-24(19)33-4)15-20(27)17(2)14-26(32)31-29-30-23-11-7-9-13-25(23)36-29/h6-16H,5H2,1-4H3,(H,30,31,32)/b17-14+. The molecule has 0 atom stereocenters. The molecule has 0 aliphatic rings. The van der Waals surface area contributed by atoms with Crippen molar-refractivity contribution in [2.24, 2.45) is 0 Å². The lowest BCUT2D eigenvalue weighted by molar-refractivity contribution is -0.111. The average molecular weight is 499 g/mol. The van der Waals surface area contributed by atoms with E-state index in [0.717, 1.165) is 54.8 Å². The van der Waals surface area contributed by atoms with E-state index in [1.807, 2.05) is 75.4 Å². The van der Waals surface area contributed by atoms with E-state index in [1.54, 1.807) is 19.4 Å². The summed E-state index contributed by atoms with van der Waals surface area (Å²) in [5.74, 6) is 1.21. The predicted octanol–water partition coefficient (Wildman–Crippen LogP) is 7.47. The molecule has 2 heterocycles. The molecule has 0 unspecified atom stereocenters. The first-order valence-electron chi connectivity index (χ1n) is 11.7. The molecule has 3 aromatic carbocycles. The largest absolute Gasteiger partial charge is 0.496 e. The molecular weight excluding hydrogens is 472 g/mol. The number of nitrogens with one attached hydrogen (secondary N) is 1. The van der Waals surface area contributed by atoms with E-state index in [-0.39, 0.29) is 5.91 Å². The summed E-state index contributed by atoms with van der Waals surface area (Å²) in [4.78, 5) is 17.4. The SMILES string of the molecule is CCOc1c(/C(C)=C/C(=O)Nc2nc3ccccc3s2)cc2c(-c3ccccc3OC)coc2c1C. The van der Waals surface area contributed by atoms with Crippen LogP contribution < -0.4 is 14.8 Å². The number of fused-ring (bicyclic) bond motifs is 2. The van der Waals surface area contributed by atoms with Crippen molar-refractivity contribution in [1.82, 2.24) is 4.98 Å². The molecule has 7 heteroatoms. The zero-order chi connectivity index (χ0) is 25.2. The number of aromatic nitrogens is 1. The quantitative estimate of drug-likeness (QED) is 0.236. The number of carbonyl (C=O) groups is 1. The van der Waals surface area contributed by atoms with Gasteiger partial charge in [0.1, 0.15) is 17.1 Å². The highest BCUT2D eigenvalue weighted by atomic mass is 32.1. The lowest BCUT2D eigenvalue weighted by Crippen LogP contribution is -2.08. The molecule has 182 valence electrons. The Labute approximate surface area is 213 Å². The summed E-state index contributed by atoms with van der Waals surface area (Å²) in [5, 5.41) is 4.39. The lowest BCUT2D eigenvalue weighted by atomic mass is 9.96. The number of benzene rings is 3. The van der Waals surface area contributed by atoms with E-state index in [2.05, 4.69) is 10.3 Å². The second-order valence-electron chi connectivity index (χ2n) is 8.34. The lowest BCUT2D eigenvalue weighted by Gasteiger charge is -2.15. The summed E-state index contributed by atoms with van der Waals surface area (Å²) in [6.45, 7) is 6.31. The number of hydrogen-bond acceptors (Lipinski definition) is 6. The van der Waals surface area contributed by atoms with Gasteiger partial charge in [0.15, 0.2) is 5.13 Å². The Bertz CT molecular complexity index is 1580. The minimum absolute atomic E-state index is 0.246. The fraction of sp³-hybridized carbons (Fsp3) is 0.172. The number of aryl methyl sites for hydroxylation is 1. The van der Waals surface area contributed by atoms with Crippen LogP contribution in [-0.2, 0) is 4.79 Å². The Morgan fingerprint density at radius 1 is 1.14 bits per heavy atom. The molecule has 0 bridgehead atoms. The van der Waals surface area contributed by atoms with Crippen LogP contribution in [0.4, 0.5) is 5.13 Å². The highest BCUT2D eigenvalue weighted by Gasteiger charge is 2.20. The van der Waals surface area contributed by atoms with Gasteiger partial charge in [0.2, 0.25) is 5.91 Å². The second-order valence-corrected chi connectivity index (χ2v) is 9.37. The van der Waals surface area contributed by atoms with Crippen molar-refractivity contribution >= 4 is 49.1 Å². The maximum absolute atomic E-state index is 12.9. The van der Waals surface area contributed by atoms with Crippen LogP contribution in [0.1, 0.15) is 25.0 Å². The van der Waals surface area contributed by atoms with Crippen molar-refractivity contribution in [3.63, 3.8) is 0 Å². The van der Waals surface area contributed by atoms with Gasteiger partial charge in [-0.1, -0.05) is 41.7 Å². The number of furan rings is 1. The van der Waals surface area contributed by atoms with Gasteiger partial charge in [-0.25, -0.2) is 4.98 Å². The van der Waals surface area contributed by atoms with Crippen molar-refractivity contribution in [1.29, 1.82) is 0 Å². The van der Waals surface area contributed by atoms with Gasteiger partial charge in [-0.2, -0.15) is 0 Å². The minimum Gasteiger partial charge on any atom is -0.496 e. The predicted molar refractivity (Wildman–Crippen MR) is 146 cm³/mol. The van der Waals surface area contributed by atoms with Crippen molar-refractivity contribution in [3.05, 3.63) is 78.1 Å². The smallest absolute Gasteiger partial charge is 0.250 e. The first-order valence-corrected chi connectivity index (χ1v) is 12.5. The summed E-state index contributed by atoms with van der Waals surface area (Å²) in [7, 11) is 1.65. The van der Waals surface area contributed by atoms with Crippen molar-refractivity contribution < 1.29 is 18.7 Å². The monoisotopic (exact) mass is 498 g/mol. The third kappa shape index (κ3) is 4.33. The number of thiazole rings is 1. The molecule has 0 saturated carbocycles. The summed E-state index contributed by atoms with van der Waals surface area (Å²) in [6.07, 6.45) is 3.33. The van der Waals surface area contributed by atoms with E-state index in [9.17, 15) is 4.79 Å². The van der Waals surface area contributed by atoms with Crippen LogP contribution in [0.2, 0.25) is 0 Å². The number of para-hydroxylation sites is 2. The third-order valence-corrected chi connectivity index (χ3v) is 6.98. The molecule has 0 radical (unpaired) electrons. The maximum atomic E-state index is 12.9. The molecule has 1 N–H and O–H groups in total. The number of hydrogen-bond donors (Lipinski definition) is 1. The van der Waals surface area contributed by atoms with Gasteiger partial charge in [0, 0.05) is 33.7 Å². The van der Waals surface area contributed by atoms with Crippen molar-refractivity contribution in [3.8, 4) is 22.6 Å². The maximum Gasteiger partial charge on any atom is 0.250 e. The van der Waals surface area contributed by atoms with E-state index < -0.39 is 0 Å². The third-order valence-electron chi connectivity index (χ3n) is 6.03. The Balaban J connectivity index is 1.56. The van der Waals surface area contributed by atoms with Gasteiger partial charge < -0.3 is 13.9 Å². The van der Waals surface area contributed by atoms with Crippen LogP contribution in [0.25, 0.3) is 37.9 Å². The number of ether oxygens (including phenoxy) is 2. The van der Waals surface area contributed by atoms with Crippen LogP contribution in [0.5, 0.6) is 11.5 Å². The Morgan fingerprint density at radius 3 is 2.69 bits per heavy atom. The molecule has 0 fully saturated rings. The summed E-state index contributed by atoms with van der Waals surface area (Å²) < 4.78 is 18.6. The van der Waals surface area contributed by atoms with Gasteiger partial charge in [-0.15, -0.1) is 0 Å². The van der Waals surface area contributed by atoms with Gasteiger partial charge in [-0.3, -0.25) is 10.1 Å². The Morgan fingerprint density at radius 2 is 1.92 bits per heavy atom. The summed E-state index contributed by atoms with van der Waals surface area (Å²) in [5.41, 5.74) is 5.94. The molecule has 0 spiro atoms. The first kappa shape index (κ1) is 23.6. The highest BCUT2D eigenvalue weighted by molar-refractivity contribution is 7.22. The second kappa shape index (κ2) is 9.87. The van der Waals surface area contributed by atoms with Crippen LogP contribution >= 0.6 is 11.3 Å². The van der Waals surface area contributed by atoms with Gasteiger partial charge in [0.25, 0.3) is 0 Å². The van der Waals surface area contributed by atoms with Crippen molar-refractivity contribution in [2.75, 3.05) is 19.0 Å². The number of rotatable bonds is 7. The first-order chi connectivity index (χ1) is 17.5. The van der Waals surface area contributed by atoms with E-state index >= 15 is 0 Å². The van der Waals surface area contributed by atoms with Gasteiger partial charge >= 0.3 is 0 Å². The topological polar surface area (TPSA) is 73.6 Å². The summed E-state index contributed by atoms with van der Waals surface area (Å²) in [6, 6.07) is 17.7. The zero-order valence-corrected chi connectivity index (χ0v) is 21.4. The molecule has 0 saturated heterocycles. The van der Waals surface area contributed by atoms with E-state index in [1.165, 1.54) is 11.3 Å². The van der Waals surface area contributed by atoms with Crippen LogP contribution in [0.3, 0.4) is 0 Å². The Hall–Kier alpha value is -4.10. The number of methoxy groups -OCH3 is 1. The molecule has 6 nitrogen and oxygen atoms in total. The minimum atomic E-state index is -0.246. The molecule has 5 rings (SSSR count). The fourth-order valence-electron chi connectivity index (χ4n) is 4.36. The number of carbonyl (C=O) groups excluding carboxylic acids is 1. The highest BCUT2D eigenvalue weighted by Crippen LogP contribution is 2.42. The van der Waals surface area contributed by atoms with E-state index in [0.29, 0.717) is 17.5 Å². The molecule has 0 aliphatic heterocycles. The molecular formula is C29H26N2O4S. The van der Waals surface area contributed by atoms with Crippen LogP contribution in [-0.4, -0.2) is 24.6 Å². The Kier molecular flexibility index (Phi) is 6.48. The number of allylic oxidation sites excluding steroid dienone is 1. The molecule has 5 aromatic rings. The zero-order valence-electron chi connectivity index (χ0n) is 20.5. The molecule has 36 heavy (non-hydrogen) atoms. The van der Waals surface area contributed by atoms with Crippen LogP contribution in [0.15, 0.2) is 71.4 Å². The fourth-order valence-corrected chi connectivity index (χ4v) is 5.23. The van der Waals surface area contributed by atoms with Crippen molar-refractivity contribution in [2.45, 2.75) is 20.8 Å².